The minimum absolute atomic E-state index is 0.207. The number of amides is 1. The smallest absolute Gasteiger partial charge is 0.249 e. The van der Waals surface area contributed by atoms with Crippen LogP contribution in [0.4, 0.5) is 0 Å². The summed E-state index contributed by atoms with van der Waals surface area (Å²) in [4.78, 5) is 11.3. The van der Waals surface area contributed by atoms with Crippen LogP contribution in [0, 0.1) is 17.2 Å². The number of hydrogen-bond acceptors (Lipinski definition) is 3. The number of carbonyl (C=O) groups excluding carboxylic acids is 1. The molecule has 1 saturated carbocycles. The van der Waals surface area contributed by atoms with Crippen molar-refractivity contribution in [1.82, 2.24) is 5.32 Å². The van der Waals surface area contributed by atoms with Gasteiger partial charge in [0.15, 0.2) is 0 Å². The van der Waals surface area contributed by atoms with Crippen LogP contribution in [0.5, 0.6) is 0 Å². The molecule has 4 heteroatoms. The SMILES string of the molecule is COC(C)C(=O)NC(C#N)C1CC1. The summed E-state index contributed by atoms with van der Waals surface area (Å²) in [6.45, 7) is 1.66. The Morgan fingerprint density at radius 2 is 2.31 bits per heavy atom. The van der Waals surface area contributed by atoms with Gasteiger partial charge in [-0.1, -0.05) is 0 Å². The lowest BCUT2D eigenvalue weighted by Crippen LogP contribution is -2.41. The largest absolute Gasteiger partial charge is 0.372 e. The molecule has 1 aliphatic rings. The summed E-state index contributed by atoms with van der Waals surface area (Å²) in [5.41, 5.74) is 0. The Labute approximate surface area is 77.9 Å². The van der Waals surface area contributed by atoms with E-state index in [0.717, 1.165) is 12.8 Å². The average molecular weight is 182 g/mol. The molecule has 1 N–H and O–H groups in total. The summed E-state index contributed by atoms with van der Waals surface area (Å²) >= 11 is 0. The van der Waals surface area contributed by atoms with Crippen LogP contribution >= 0.6 is 0 Å². The van der Waals surface area contributed by atoms with Gasteiger partial charge in [0, 0.05) is 7.11 Å². The van der Waals surface area contributed by atoms with Gasteiger partial charge < -0.3 is 10.1 Å². The molecule has 0 spiro atoms. The van der Waals surface area contributed by atoms with Gasteiger partial charge in [-0.25, -0.2) is 0 Å². The number of carbonyl (C=O) groups is 1. The zero-order valence-corrected chi connectivity index (χ0v) is 7.91. The zero-order chi connectivity index (χ0) is 9.84. The Morgan fingerprint density at radius 3 is 2.69 bits per heavy atom. The third-order valence-electron chi connectivity index (χ3n) is 2.25. The standard InChI is InChI=1S/C9H14N2O2/c1-6(13-2)9(12)11-8(5-10)7-3-4-7/h6-8H,3-4H2,1-2H3,(H,11,12). The Kier molecular flexibility index (Phi) is 3.26. The molecule has 0 aliphatic heterocycles. The fraction of sp³-hybridized carbons (Fsp3) is 0.778. The van der Waals surface area contributed by atoms with Gasteiger partial charge in [-0.3, -0.25) is 4.79 Å². The molecule has 0 radical (unpaired) electrons. The molecule has 0 bridgehead atoms. The summed E-state index contributed by atoms with van der Waals surface area (Å²) in [6.07, 6.45) is 1.61. The summed E-state index contributed by atoms with van der Waals surface area (Å²) in [7, 11) is 1.47. The quantitative estimate of drug-likeness (QED) is 0.686. The van der Waals surface area contributed by atoms with Gasteiger partial charge in [0.2, 0.25) is 5.91 Å². The van der Waals surface area contributed by atoms with Crippen LogP contribution < -0.4 is 5.32 Å². The first-order valence-electron chi connectivity index (χ1n) is 4.41. The number of hydrogen-bond donors (Lipinski definition) is 1. The molecular formula is C9H14N2O2. The summed E-state index contributed by atoms with van der Waals surface area (Å²) in [5.74, 6) is 0.152. The van der Waals surface area contributed by atoms with Crippen LogP contribution in [0.25, 0.3) is 0 Å². The zero-order valence-electron chi connectivity index (χ0n) is 7.91. The molecule has 0 saturated heterocycles. The second kappa shape index (κ2) is 4.24. The lowest BCUT2D eigenvalue weighted by Gasteiger charge is -2.13. The summed E-state index contributed by atoms with van der Waals surface area (Å²) < 4.78 is 4.84. The van der Waals surface area contributed by atoms with Crippen molar-refractivity contribution in [1.29, 1.82) is 5.26 Å². The molecule has 0 aromatic carbocycles. The number of ether oxygens (including phenoxy) is 1. The first kappa shape index (κ1) is 10.0. The highest BCUT2D eigenvalue weighted by Gasteiger charge is 2.33. The van der Waals surface area contributed by atoms with E-state index < -0.39 is 6.10 Å². The van der Waals surface area contributed by atoms with Crippen molar-refractivity contribution >= 4 is 5.91 Å². The van der Waals surface area contributed by atoms with Crippen molar-refractivity contribution in [2.45, 2.75) is 31.9 Å². The van der Waals surface area contributed by atoms with Crippen molar-refractivity contribution in [3.05, 3.63) is 0 Å². The predicted octanol–water partition coefficient (Wildman–Crippen LogP) is 0.440. The topological polar surface area (TPSA) is 62.1 Å². The van der Waals surface area contributed by atoms with Gasteiger partial charge in [-0.15, -0.1) is 0 Å². The summed E-state index contributed by atoms with van der Waals surface area (Å²) in [5, 5.41) is 11.4. The molecule has 0 aromatic heterocycles. The van der Waals surface area contributed by atoms with Crippen molar-refractivity contribution in [2.24, 2.45) is 5.92 Å². The molecule has 1 rings (SSSR count). The van der Waals surface area contributed by atoms with Gasteiger partial charge >= 0.3 is 0 Å². The van der Waals surface area contributed by atoms with Crippen LogP contribution in [0.1, 0.15) is 19.8 Å². The molecule has 13 heavy (non-hydrogen) atoms. The lowest BCUT2D eigenvalue weighted by atomic mass is 10.2. The van der Waals surface area contributed by atoms with E-state index in [2.05, 4.69) is 11.4 Å². The highest BCUT2D eigenvalue weighted by Crippen LogP contribution is 2.32. The number of rotatable bonds is 4. The van der Waals surface area contributed by atoms with Crippen LogP contribution in [-0.2, 0) is 9.53 Å². The second-order valence-electron chi connectivity index (χ2n) is 3.33. The van der Waals surface area contributed by atoms with Gasteiger partial charge in [0.25, 0.3) is 0 Å². The van der Waals surface area contributed by atoms with E-state index in [9.17, 15) is 4.79 Å². The van der Waals surface area contributed by atoms with E-state index in [1.807, 2.05) is 0 Å². The Balaban J connectivity index is 2.37. The number of methoxy groups -OCH3 is 1. The second-order valence-corrected chi connectivity index (χ2v) is 3.33. The van der Waals surface area contributed by atoms with Gasteiger partial charge in [-0.05, 0) is 25.7 Å². The highest BCUT2D eigenvalue weighted by atomic mass is 16.5. The maximum Gasteiger partial charge on any atom is 0.249 e. The molecule has 1 amide bonds. The minimum atomic E-state index is -0.477. The van der Waals surface area contributed by atoms with Crippen molar-refractivity contribution in [2.75, 3.05) is 7.11 Å². The van der Waals surface area contributed by atoms with Crippen LogP contribution in [0.2, 0.25) is 0 Å². The van der Waals surface area contributed by atoms with Gasteiger partial charge in [-0.2, -0.15) is 5.26 Å². The molecule has 0 aromatic rings. The minimum Gasteiger partial charge on any atom is -0.372 e. The van der Waals surface area contributed by atoms with Crippen LogP contribution in [0.15, 0.2) is 0 Å². The number of nitrogens with one attached hydrogen (secondary N) is 1. The molecule has 2 unspecified atom stereocenters. The first-order chi connectivity index (χ1) is 6.19. The fourth-order valence-corrected chi connectivity index (χ4v) is 1.06. The molecule has 1 aliphatic carbocycles. The molecule has 1 fully saturated rings. The number of nitriles is 1. The van der Waals surface area contributed by atoms with E-state index in [-0.39, 0.29) is 11.9 Å². The van der Waals surface area contributed by atoms with Crippen LogP contribution in [0.3, 0.4) is 0 Å². The van der Waals surface area contributed by atoms with Crippen molar-refractivity contribution < 1.29 is 9.53 Å². The third-order valence-corrected chi connectivity index (χ3v) is 2.25. The van der Waals surface area contributed by atoms with Gasteiger partial charge in [0.05, 0.1) is 6.07 Å². The third kappa shape index (κ3) is 2.71. The number of nitrogens with zero attached hydrogens (tertiary/aromatic N) is 1. The maximum atomic E-state index is 11.3. The Morgan fingerprint density at radius 1 is 1.69 bits per heavy atom. The lowest BCUT2D eigenvalue weighted by molar-refractivity contribution is -0.130. The Hall–Kier alpha value is -1.08. The van der Waals surface area contributed by atoms with E-state index >= 15 is 0 Å². The van der Waals surface area contributed by atoms with Crippen LogP contribution in [-0.4, -0.2) is 25.2 Å². The van der Waals surface area contributed by atoms with Crippen molar-refractivity contribution in [3.8, 4) is 6.07 Å². The Bertz CT molecular complexity index is 230. The normalized spacial score (nSPS) is 20.1. The van der Waals surface area contributed by atoms with E-state index in [0.29, 0.717) is 5.92 Å². The predicted molar refractivity (Wildman–Crippen MR) is 46.7 cm³/mol. The molecule has 72 valence electrons. The van der Waals surface area contributed by atoms with E-state index in [1.165, 1.54) is 7.11 Å². The van der Waals surface area contributed by atoms with E-state index in [1.54, 1.807) is 6.92 Å². The maximum absolute atomic E-state index is 11.3. The van der Waals surface area contributed by atoms with E-state index in [4.69, 9.17) is 10.00 Å². The average Bonchev–Trinajstić information content (AvgIpc) is 2.95. The summed E-state index contributed by atoms with van der Waals surface area (Å²) in [6, 6.07) is 1.76. The molecule has 2 atom stereocenters. The van der Waals surface area contributed by atoms with Gasteiger partial charge in [0.1, 0.15) is 12.1 Å². The molecule has 0 heterocycles. The first-order valence-corrected chi connectivity index (χ1v) is 4.41. The molecular weight excluding hydrogens is 168 g/mol. The monoisotopic (exact) mass is 182 g/mol. The molecule has 4 nitrogen and oxygen atoms in total. The van der Waals surface area contributed by atoms with Crippen molar-refractivity contribution in [3.63, 3.8) is 0 Å². The highest BCUT2D eigenvalue weighted by molar-refractivity contribution is 5.81. The fourth-order valence-electron chi connectivity index (χ4n) is 1.06.